The summed E-state index contributed by atoms with van der Waals surface area (Å²) in [4.78, 5) is 23.7. The summed E-state index contributed by atoms with van der Waals surface area (Å²) in [6.07, 6.45) is 2.41. The van der Waals surface area contributed by atoms with Gasteiger partial charge in [-0.05, 0) is 25.7 Å². The minimum atomic E-state index is -0.975. The zero-order valence-electron chi connectivity index (χ0n) is 15.9. The normalized spacial score (nSPS) is 26.6. The Morgan fingerprint density at radius 2 is 2.11 bits per heavy atom. The molecule has 1 fully saturated rings. The third-order valence-electron chi connectivity index (χ3n) is 5.35. The van der Waals surface area contributed by atoms with E-state index in [1.54, 1.807) is 6.20 Å². The van der Waals surface area contributed by atoms with Crippen molar-refractivity contribution in [3.63, 3.8) is 0 Å². The summed E-state index contributed by atoms with van der Waals surface area (Å²) in [7, 11) is 0. The van der Waals surface area contributed by atoms with Crippen LogP contribution in [0.4, 0.5) is 0 Å². The molecule has 0 unspecified atom stereocenters. The standard InChI is InChI=1S/C19H28N4O4/c1-9(2)4-14(20)19(26)27-7-11-5-12(18(25)17(11)24)13-6-21-15-10(3)22-8-23-16(13)15/h6,8-9,11-12,14,17-18,21,24-25H,4-5,7,20H2,1-3H3/t11-,12+,14+,17-,18+/m1/s1. The molecule has 0 radical (unpaired) electrons. The van der Waals surface area contributed by atoms with Crippen molar-refractivity contribution < 1.29 is 19.7 Å². The number of nitrogens with two attached hydrogens (primary N) is 1. The molecular formula is C19H28N4O4. The van der Waals surface area contributed by atoms with Gasteiger partial charge in [0.2, 0.25) is 0 Å². The van der Waals surface area contributed by atoms with Crippen LogP contribution in [0.3, 0.4) is 0 Å². The molecule has 1 aliphatic rings. The van der Waals surface area contributed by atoms with Crippen LogP contribution in [0.15, 0.2) is 12.5 Å². The quantitative estimate of drug-likeness (QED) is 0.553. The molecule has 2 aromatic rings. The van der Waals surface area contributed by atoms with E-state index in [1.165, 1.54) is 6.33 Å². The number of hydrogen-bond acceptors (Lipinski definition) is 7. The van der Waals surface area contributed by atoms with Crippen LogP contribution in [0.1, 0.15) is 43.9 Å². The molecule has 2 aromatic heterocycles. The molecule has 27 heavy (non-hydrogen) atoms. The summed E-state index contributed by atoms with van der Waals surface area (Å²) >= 11 is 0. The van der Waals surface area contributed by atoms with Crippen LogP contribution in [0.2, 0.25) is 0 Å². The van der Waals surface area contributed by atoms with Crippen LogP contribution in [-0.4, -0.2) is 56.0 Å². The predicted octanol–water partition coefficient (Wildman–Crippen LogP) is 1.01. The van der Waals surface area contributed by atoms with Gasteiger partial charge in [-0.25, -0.2) is 9.97 Å². The van der Waals surface area contributed by atoms with Crippen LogP contribution in [-0.2, 0) is 9.53 Å². The van der Waals surface area contributed by atoms with Crippen LogP contribution in [0.5, 0.6) is 0 Å². The summed E-state index contributed by atoms with van der Waals surface area (Å²) in [5, 5.41) is 21.0. The lowest BCUT2D eigenvalue weighted by Crippen LogP contribution is -2.36. The van der Waals surface area contributed by atoms with Crippen molar-refractivity contribution in [3.05, 3.63) is 23.8 Å². The van der Waals surface area contributed by atoms with Crippen molar-refractivity contribution in [2.45, 2.75) is 57.8 Å². The molecule has 3 rings (SSSR count). The minimum absolute atomic E-state index is 0.0374. The lowest BCUT2D eigenvalue weighted by atomic mass is 9.96. The average molecular weight is 376 g/mol. The Morgan fingerprint density at radius 3 is 2.81 bits per heavy atom. The number of ether oxygens (including phenoxy) is 1. The number of carbonyl (C=O) groups is 1. The number of aliphatic hydroxyl groups is 2. The van der Waals surface area contributed by atoms with E-state index in [4.69, 9.17) is 10.5 Å². The Labute approximate surface area is 158 Å². The molecule has 8 nitrogen and oxygen atoms in total. The van der Waals surface area contributed by atoms with Gasteiger partial charge in [-0.3, -0.25) is 4.79 Å². The summed E-state index contributed by atoms with van der Waals surface area (Å²) < 4.78 is 5.31. The first kappa shape index (κ1) is 19.7. The van der Waals surface area contributed by atoms with E-state index in [-0.39, 0.29) is 18.4 Å². The van der Waals surface area contributed by atoms with E-state index in [9.17, 15) is 15.0 Å². The number of nitrogens with zero attached hydrogens (tertiary/aromatic N) is 2. The van der Waals surface area contributed by atoms with Gasteiger partial charge in [0, 0.05) is 23.6 Å². The highest BCUT2D eigenvalue weighted by Gasteiger charge is 2.43. The molecule has 0 amide bonds. The fraction of sp³-hybridized carbons (Fsp3) is 0.632. The molecule has 148 valence electrons. The fourth-order valence-electron chi connectivity index (χ4n) is 3.87. The van der Waals surface area contributed by atoms with E-state index < -0.39 is 24.2 Å². The van der Waals surface area contributed by atoms with Gasteiger partial charge in [0.15, 0.2) is 0 Å². The topological polar surface area (TPSA) is 134 Å². The Morgan fingerprint density at radius 1 is 1.37 bits per heavy atom. The number of rotatable bonds is 6. The Kier molecular flexibility index (Phi) is 5.78. The highest BCUT2D eigenvalue weighted by molar-refractivity contribution is 5.81. The number of aliphatic hydroxyl groups excluding tert-OH is 2. The maximum absolute atomic E-state index is 12.0. The number of hydrogen-bond donors (Lipinski definition) is 4. The third kappa shape index (κ3) is 3.97. The maximum atomic E-state index is 12.0. The molecule has 1 saturated carbocycles. The van der Waals surface area contributed by atoms with Crippen LogP contribution in [0.25, 0.3) is 11.0 Å². The molecule has 5 N–H and O–H groups in total. The van der Waals surface area contributed by atoms with Crippen LogP contribution < -0.4 is 5.73 Å². The second-order valence-electron chi connectivity index (χ2n) is 7.88. The van der Waals surface area contributed by atoms with Gasteiger partial charge in [0.1, 0.15) is 12.4 Å². The van der Waals surface area contributed by atoms with E-state index in [2.05, 4.69) is 15.0 Å². The van der Waals surface area contributed by atoms with Gasteiger partial charge >= 0.3 is 5.97 Å². The molecule has 5 atom stereocenters. The van der Waals surface area contributed by atoms with Gasteiger partial charge in [-0.15, -0.1) is 0 Å². The fourth-order valence-corrected chi connectivity index (χ4v) is 3.87. The molecular weight excluding hydrogens is 348 g/mol. The first-order chi connectivity index (χ1) is 12.8. The molecule has 0 bridgehead atoms. The number of H-pyrrole nitrogens is 1. The van der Waals surface area contributed by atoms with Crippen LogP contribution >= 0.6 is 0 Å². The SMILES string of the molecule is Cc1ncnc2c([C@@H]3C[C@H](COC(=O)[C@@H](N)CC(C)C)[C@@H](O)[C@H]3O)c[nH]c12. The number of nitrogens with one attached hydrogen (secondary N) is 1. The molecule has 0 spiro atoms. The monoisotopic (exact) mass is 376 g/mol. The van der Waals surface area contributed by atoms with Crippen molar-refractivity contribution in [1.29, 1.82) is 0 Å². The van der Waals surface area contributed by atoms with E-state index in [0.717, 1.165) is 22.3 Å². The third-order valence-corrected chi connectivity index (χ3v) is 5.35. The van der Waals surface area contributed by atoms with Crippen LogP contribution in [0, 0.1) is 18.8 Å². The number of fused-ring (bicyclic) bond motifs is 1. The lowest BCUT2D eigenvalue weighted by molar-refractivity contribution is -0.148. The van der Waals surface area contributed by atoms with Gasteiger partial charge in [0.05, 0.1) is 35.5 Å². The van der Waals surface area contributed by atoms with Crippen molar-refractivity contribution in [2.24, 2.45) is 17.6 Å². The Balaban J connectivity index is 1.69. The summed E-state index contributed by atoms with van der Waals surface area (Å²) in [6.45, 7) is 5.89. The second kappa shape index (κ2) is 7.92. The zero-order valence-corrected chi connectivity index (χ0v) is 15.9. The van der Waals surface area contributed by atoms with Crippen molar-refractivity contribution in [2.75, 3.05) is 6.61 Å². The first-order valence-corrected chi connectivity index (χ1v) is 9.36. The smallest absolute Gasteiger partial charge is 0.322 e. The molecule has 0 saturated heterocycles. The highest BCUT2D eigenvalue weighted by Crippen LogP contribution is 2.41. The Bertz CT molecular complexity index is 806. The van der Waals surface area contributed by atoms with Crippen molar-refractivity contribution in [1.82, 2.24) is 15.0 Å². The highest BCUT2D eigenvalue weighted by atomic mass is 16.5. The number of aromatic amines is 1. The largest absolute Gasteiger partial charge is 0.464 e. The second-order valence-corrected chi connectivity index (χ2v) is 7.88. The summed E-state index contributed by atoms with van der Waals surface area (Å²) in [5.74, 6) is -0.823. The predicted molar refractivity (Wildman–Crippen MR) is 99.9 cm³/mol. The minimum Gasteiger partial charge on any atom is -0.464 e. The van der Waals surface area contributed by atoms with Gasteiger partial charge in [-0.1, -0.05) is 13.8 Å². The van der Waals surface area contributed by atoms with Gasteiger partial charge < -0.3 is 25.7 Å². The average Bonchev–Trinajstić information content (AvgIpc) is 3.16. The van der Waals surface area contributed by atoms with E-state index >= 15 is 0 Å². The lowest BCUT2D eigenvalue weighted by Gasteiger charge is -2.18. The Hall–Kier alpha value is -2.03. The number of aryl methyl sites for hydroxylation is 1. The number of aromatic nitrogens is 3. The number of esters is 1. The van der Waals surface area contributed by atoms with E-state index in [1.807, 2.05) is 20.8 Å². The van der Waals surface area contributed by atoms with Gasteiger partial charge in [0.25, 0.3) is 0 Å². The molecule has 1 aliphatic carbocycles. The molecule has 0 aliphatic heterocycles. The summed E-state index contributed by atoms with van der Waals surface area (Å²) in [6, 6.07) is -0.669. The van der Waals surface area contributed by atoms with E-state index in [0.29, 0.717) is 18.8 Å². The maximum Gasteiger partial charge on any atom is 0.322 e. The summed E-state index contributed by atoms with van der Waals surface area (Å²) in [5.41, 5.74) is 9.07. The zero-order chi connectivity index (χ0) is 19.7. The number of carbonyl (C=O) groups excluding carboxylic acids is 1. The van der Waals surface area contributed by atoms with Crippen molar-refractivity contribution >= 4 is 17.0 Å². The van der Waals surface area contributed by atoms with Crippen molar-refractivity contribution in [3.8, 4) is 0 Å². The molecule has 2 heterocycles. The molecule has 0 aromatic carbocycles. The molecule has 8 heteroatoms. The first-order valence-electron chi connectivity index (χ1n) is 9.36. The van der Waals surface area contributed by atoms with Gasteiger partial charge in [-0.2, -0.15) is 0 Å².